The van der Waals surface area contributed by atoms with E-state index in [1.165, 1.54) is 6.07 Å². The first-order valence-electron chi connectivity index (χ1n) is 7.01. The SMILES string of the molecule is COc1ccccc1CNS(=O)(=O)c1ccc(-c2nnc(C)o2)s1. The summed E-state index contributed by atoms with van der Waals surface area (Å²) in [5.74, 6) is 1.37. The van der Waals surface area contributed by atoms with Crippen LogP contribution in [0.1, 0.15) is 11.5 Å². The molecule has 0 fully saturated rings. The number of sulfonamides is 1. The van der Waals surface area contributed by atoms with Gasteiger partial charge in [-0.2, -0.15) is 0 Å². The molecule has 3 rings (SSSR count). The van der Waals surface area contributed by atoms with E-state index in [-0.39, 0.29) is 10.8 Å². The van der Waals surface area contributed by atoms with Gasteiger partial charge in [0.1, 0.15) is 9.96 Å². The number of hydrogen-bond acceptors (Lipinski definition) is 7. The summed E-state index contributed by atoms with van der Waals surface area (Å²) < 4.78 is 38.2. The first-order chi connectivity index (χ1) is 11.5. The fraction of sp³-hybridized carbons (Fsp3) is 0.200. The van der Waals surface area contributed by atoms with Crippen LogP contribution in [0.15, 0.2) is 45.0 Å². The Labute approximate surface area is 143 Å². The van der Waals surface area contributed by atoms with Crippen LogP contribution in [-0.2, 0) is 16.6 Å². The van der Waals surface area contributed by atoms with Crippen LogP contribution in [0.5, 0.6) is 5.75 Å². The van der Waals surface area contributed by atoms with Gasteiger partial charge in [-0.1, -0.05) is 18.2 Å². The smallest absolute Gasteiger partial charge is 0.257 e. The monoisotopic (exact) mass is 365 g/mol. The largest absolute Gasteiger partial charge is 0.496 e. The Bertz CT molecular complexity index is 947. The molecule has 0 aliphatic carbocycles. The third-order valence-corrected chi connectivity index (χ3v) is 6.19. The van der Waals surface area contributed by atoms with Crippen LogP contribution in [0, 0.1) is 6.92 Å². The maximum absolute atomic E-state index is 12.4. The first-order valence-corrected chi connectivity index (χ1v) is 9.31. The minimum Gasteiger partial charge on any atom is -0.496 e. The van der Waals surface area contributed by atoms with Crippen molar-refractivity contribution in [1.29, 1.82) is 0 Å². The summed E-state index contributed by atoms with van der Waals surface area (Å²) in [5.41, 5.74) is 0.757. The van der Waals surface area contributed by atoms with Gasteiger partial charge in [-0.05, 0) is 18.2 Å². The van der Waals surface area contributed by atoms with Crippen molar-refractivity contribution in [2.24, 2.45) is 0 Å². The highest BCUT2D eigenvalue weighted by Crippen LogP contribution is 2.30. The number of hydrogen-bond donors (Lipinski definition) is 1. The van der Waals surface area contributed by atoms with Crippen LogP contribution < -0.4 is 9.46 Å². The van der Waals surface area contributed by atoms with E-state index in [2.05, 4.69) is 14.9 Å². The van der Waals surface area contributed by atoms with Crippen LogP contribution in [-0.4, -0.2) is 25.7 Å². The molecule has 7 nitrogen and oxygen atoms in total. The van der Waals surface area contributed by atoms with Gasteiger partial charge in [0.05, 0.1) is 12.0 Å². The van der Waals surface area contributed by atoms with Gasteiger partial charge in [-0.15, -0.1) is 21.5 Å². The number of rotatable bonds is 6. The minimum absolute atomic E-state index is 0.138. The van der Waals surface area contributed by atoms with Crippen molar-refractivity contribution in [1.82, 2.24) is 14.9 Å². The second kappa shape index (κ2) is 6.71. The van der Waals surface area contributed by atoms with Gasteiger partial charge in [-0.25, -0.2) is 13.1 Å². The fourth-order valence-electron chi connectivity index (χ4n) is 2.07. The molecule has 0 radical (unpaired) electrons. The summed E-state index contributed by atoms with van der Waals surface area (Å²) >= 11 is 1.07. The standard InChI is InChI=1S/C15H15N3O4S2/c1-10-17-18-15(22-10)13-7-8-14(23-13)24(19,20)16-9-11-5-3-4-6-12(11)21-2/h3-8,16H,9H2,1-2H3. The molecule has 9 heteroatoms. The number of thiophene rings is 1. The van der Waals surface area contributed by atoms with Gasteiger partial charge in [-0.3, -0.25) is 0 Å². The molecule has 0 atom stereocenters. The van der Waals surface area contributed by atoms with Crippen LogP contribution in [0.3, 0.4) is 0 Å². The molecule has 0 saturated carbocycles. The molecule has 2 heterocycles. The summed E-state index contributed by atoms with van der Waals surface area (Å²) in [5, 5.41) is 7.63. The Balaban J connectivity index is 1.77. The molecule has 0 amide bonds. The van der Waals surface area contributed by atoms with Crippen molar-refractivity contribution in [3.05, 3.63) is 47.9 Å². The zero-order valence-corrected chi connectivity index (χ0v) is 14.6. The normalized spacial score (nSPS) is 11.6. The molecule has 0 saturated heterocycles. The van der Waals surface area contributed by atoms with Gasteiger partial charge in [0, 0.05) is 19.0 Å². The predicted octanol–water partition coefficient (Wildman–Crippen LogP) is 2.59. The molecule has 24 heavy (non-hydrogen) atoms. The summed E-state index contributed by atoms with van der Waals surface area (Å²) in [6.45, 7) is 1.82. The zero-order chi connectivity index (χ0) is 17.2. The third-order valence-electron chi connectivity index (χ3n) is 3.23. The number of nitrogens with one attached hydrogen (secondary N) is 1. The average molecular weight is 365 g/mol. The molecular formula is C15H15N3O4S2. The highest BCUT2D eigenvalue weighted by Gasteiger charge is 2.19. The molecule has 1 N–H and O–H groups in total. The molecule has 3 aromatic rings. The minimum atomic E-state index is -3.64. The molecule has 0 aliphatic rings. The topological polar surface area (TPSA) is 94.3 Å². The molecular weight excluding hydrogens is 350 g/mol. The van der Waals surface area contributed by atoms with E-state index in [1.807, 2.05) is 18.2 Å². The molecule has 1 aromatic carbocycles. The lowest BCUT2D eigenvalue weighted by molar-refractivity contribution is 0.409. The molecule has 0 unspecified atom stereocenters. The Hall–Kier alpha value is -2.23. The Morgan fingerprint density at radius 2 is 2.00 bits per heavy atom. The van der Waals surface area contributed by atoms with Crippen LogP contribution in [0.2, 0.25) is 0 Å². The second-order valence-corrected chi connectivity index (χ2v) is 7.96. The van der Waals surface area contributed by atoms with Crippen LogP contribution in [0.4, 0.5) is 0 Å². The number of nitrogens with zero attached hydrogens (tertiary/aromatic N) is 2. The number of methoxy groups -OCH3 is 1. The summed E-state index contributed by atoms with van der Waals surface area (Å²) in [4.78, 5) is 0.605. The summed E-state index contributed by atoms with van der Waals surface area (Å²) in [7, 11) is -2.09. The van der Waals surface area contributed by atoms with E-state index >= 15 is 0 Å². The lowest BCUT2D eigenvalue weighted by Gasteiger charge is -2.09. The van der Waals surface area contributed by atoms with Gasteiger partial charge >= 0.3 is 0 Å². The quantitative estimate of drug-likeness (QED) is 0.721. The van der Waals surface area contributed by atoms with Gasteiger partial charge in [0.2, 0.25) is 15.9 Å². The Morgan fingerprint density at radius 3 is 2.71 bits per heavy atom. The summed E-state index contributed by atoms with van der Waals surface area (Å²) in [6, 6.07) is 10.4. The Morgan fingerprint density at radius 1 is 1.21 bits per heavy atom. The third kappa shape index (κ3) is 3.48. The van der Waals surface area contributed by atoms with Gasteiger partial charge in [0.15, 0.2) is 0 Å². The van der Waals surface area contributed by atoms with E-state index in [1.54, 1.807) is 26.2 Å². The lowest BCUT2D eigenvalue weighted by Crippen LogP contribution is -2.22. The fourth-order valence-corrected chi connectivity index (χ4v) is 4.35. The van der Waals surface area contributed by atoms with E-state index in [4.69, 9.17) is 9.15 Å². The molecule has 0 bridgehead atoms. The number of para-hydroxylation sites is 1. The summed E-state index contributed by atoms with van der Waals surface area (Å²) in [6.07, 6.45) is 0. The predicted molar refractivity (Wildman–Crippen MR) is 89.4 cm³/mol. The van der Waals surface area contributed by atoms with Gasteiger partial charge in [0.25, 0.3) is 5.89 Å². The first kappa shape index (κ1) is 16.6. The molecule has 126 valence electrons. The lowest BCUT2D eigenvalue weighted by atomic mass is 10.2. The molecule has 0 spiro atoms. The van der Waals surface area contributed by atoms with E-state index in [0.717, 1.165) is 16.9 Å². The maximum Gasteiger partial charge on any atom is 0.257 e. The van der Waals surface area contributed by atoms with Crippen LogP contribution >= 0.6 is 11.3 Å². The van der Waals surface area contributed by atoms with E-state index < -0.39 is 10.0 Å². The van der Waals surface area contributed by atoms with Crippen LogP contribution in [0.25, 0.3) is 10.8 Å². The van der Waals surface area contributed by atoms with Crippen molar-refractivity contribution in [3.63, 3.8) is 0 Å². The van der Waals surface area contributed by atoms with E-state index in [0.29, 0.717) is 22.4 Å². The number of aromatic nitrogens is 2. The Kier molecular flexibility index (Phi) is 4.65. The van der Waals surface area contributed by atoms with Crippen molar-refractivity contribution < 1.29 is 17.6 Å². The van der Waals surface area contributed by atoms with E-state index in [9.17, 15) is 8.42 Å². The highest BCUT2D eigenvalue weighted by atomic mass is 32.2. The van der Waals surface area contributed by atoms with Crippen molar-refractivity contribution in [2.75, 3.05) is 7.11 Å². The molecule has 2 aromatic heterocycles. The number of ether oxygens (including phenoxy) is 1. The average Bonchev–Trinajstić information content (AvgIpc) is 3.22. The molecule has 0 aliphatic heterocycles. The van der Waals surface area contributed by atoms with Crippen molar-refractivity contribution in [2.45, 2.75) is 17.7 Å². The number of benzene rings is 1. The van der Waals surface area contributed by atoms with Crippen molar-refractivity contribution >= 4 is 21.4 Å². The van der Waals surface area contributed by atoms with Crippen molar-refractivity contribution in [3.8, 4) is 16.5 Å². The highest BCUT2D eigenvalue weighted by molar-refractivity contribution is 7.91. The van der Waals surface area contributed by atoms with Gasteiger partial charge < -0.3 is 9.15 Å². The number of aryl methyl sites for hydroxylation is 1. The second-order valence-electron chi connectivity index (χ2n) is 4.88. The zero-order valence-electron chi connectivity index (χ0n) is 13.0. The maximum atomic E-state index is 12.4.